The third-order valence-electron chi connectivity index (χ3n) is 4.18. The summed E-state index contributed by atoms with van der Waals surface area (Å²) in [6.07, 6.45) is 2.90. The molecule has 25 heavy (non-hydrogen) atoms. The summed E-state index contributed by atoms with van der Waals surface area (Å²) in [7, 11) is 0. The largest absolute Gasteiger partial charge is 0.478 e. The summed E-state index contributed by atoms with van der Waals surface area (Å²) < 4.78 is 0. The van der Waals surface area contributed by atoms with E-state index >= 15 is 0 Å². The predicted molar refractivity (Wildman–Crippen MR) is 95.5 cm³/mol. The Bertz CT molecular complexity index is 725. The van der Waals surface area contributed by atoms with Gasteiger partial charge in [0.1, 0.15) is 0 Å². The number of rotatable bonds is 9. The smallest absolute Gasteiger partial charge is 0.335 e. The van der Waals surface area contributed by atoms with Gasteiger partial charge in [-0.15, -0.1) is 0 Å². The van der Waals surface area contributed by atoms with Crippen molar-refractivity contribution in [1.82, 2.24) is 0 Å². The average Bonchev–Trinajstić information content (AvgIpc) is 2.61. The van der Waals surface area contributed by atoms with E-state index in [0.29, 0.717) is 24.0 Å². The molecule has 2 rings (SSSR count). The zero-order valence-corrected chi connectivity index (χ0v) is 14.0. The number of carboxylic acid groups (broad SMARTS) is 1. The lowest BCUT2D eigenvalue weighted by Gasteiger charge is -2.21. The zero-order valence-electron chi connectivity index (χ0n) is 14.0. The van der Waals surface area contributed by atoms with Crippen LogP contribution in [0.5, 0.6) is 0 Å². The van der Waals surface area contributed by atoms with Crippen LogP contribution in [0.1, 0.15) is 52.0 Å². The van der Waals surface area contributed by atoms with E-state index in [4.69, 9.17) is 10.8 Å². The first kappa shape index (κ1) is 18.8. The van der Waals surface area contributed by atoms with E-state index in [-0.39, 0.29) is 6.42 Å². The number of carboxylic acids is 1. The lowest BCUT2D eigenvalue weighted by Crippen LogP contribution is -2.47. The summed E-state index contributed by atoms with van der Waals surface area (Å²) in [5.41, 5.74) is 5.40. The van der Waals surface area contributed by atoms with Crippen molar-refractivity contribution in [2.24, 2.45) is 5.73 Å². The molecule has 0 fully saturated rings. The Morgan fingerprint density at radius 1 is 0.920 bits per heavy atom. The monoisotopic (exact) mass is 341 g/mol. The molecule has 0 aromatic heterocycles. The second-order valence-electron chi connectivity index (χ2n) is 6.14. The molecule has 2 aromatic rings. The highest BCUT2D eigenvalue weighted by molar-refractivity contribution is 6.01. The molecule has 0 aliphatic rings. The molecule has 1 unspecified atom stereocenters. The molecule has 0 bridgehead atoms. The standard InChI is InChI=1S/C20H23NO4/c21-20(25,18(22)16-11-3-1-4-12-16)14-8-2-5-9-15-10-6-7-13-17(15)19(23)24/h1,3-4,6-7,10-13,25H,2,5,8-9,14,21H2,(H,23,24). The van der Waals surface area contributed by atoms with Crippen molar-refractivity contribution < 1.29 is 19.8 Å². The summed E-state index contributed by atoms with van der Waals surface area (Å²) in [6.45, 7) is 0. The fourth-order valence-electron chi connectivity index (χ4n) is 2.79. The summed E-state index contributed by atoms with van der Waals surface area (Å²) in [6, 6.07) is 15.4. The molecule has 0 radical (unpaired) electrons. The second-order valence-corrected chi connectivity index (χ2v) is 6.14. The first-order valence-corrected chi connectivity index (χ1v) is 8.34. The summed E-state index contributed by atoms with van der Waals surface area (Å²) >= 11 is 0. The van der Waals surface area contributed by atoms with Crippen LogP contribution in [0, 0.1) is 0 Å². The molecule has 5 heteroatoms. The average molecular weight is 341 g/mol. The van der Waals surface area contributed by atoms with Crippen molar-refractivity contribution >= 4 is 11.8 Å². The summed E-state index contributed by atoms with van der Waals surface area (Å²) in [5, 5.41) is 19.4. The van der Waals surface area contributed by atoms with Crippen LogP contribution in [-0.4, -0.2) is 27.7 Å². The van der Waals surface area contributed by atoms with Gasteiger partial charge in [0, 0.05) is 5.56 Å². The van der Waals surface area contributed by atoms with Crippen LogP contribution in [0.25, 0.3) is 0 Å². The fourth-order valence-corrected chi connectivity index (χ4v) is 2.79. The molecular formula is C20H23NO4. The highest BCUT2D eigenvalue weighted by Gasteiger charge is 2.31. The third kappa shape index (κ3) is 5.24. The number of aryl methyl sites for hydroxylation is 1. The minimum Gasteiger partial charge on any atom is -0.478 e. The molecule has 132 valence electrons. The number of nitrogens with two attached hydrogens (primary N) is 1. The maximum atomic E-state index is 12.2. The molecule has 0 aliphatic carbocycles. The van der Waals surface area contributed by atoms with Crippen molar-refractivity contribution in [3.63, 3.8) is 0 Å². The minimum atomic E-state index is -1.87. The van der Waals surface area contributed by atoms with Crippen molar-refractivity contribution in [3.05, 3.63) is 71.3 Å². The molecule has 0 saturated carbocycles. The molecule has 4 N–H and O–H groups in total. The van der Waals surface area contributed by atoms with Gasteiger partial charge in [-0.1, -0.05) is 55.0 Å². The molecule has 0 amide bonds. The van der Waals surface area contributed by atoms with Gasteiger partial charge < -0.3 is 10.2 Å². The van der Waals surface area contributed by atoms with Crippen LogP contribution in [0.3, 0.4) is 0 Å². The number of carbonyl (C=O) groups excluding carboxylic acids is 1. The minimum absolute atomic E-state index is 0.168. The van der Waals surface area contributed by atoms with Crippen LogP contribution >= 0.6 is 0 Å². The third-order valence-corrected chi connectivity index (χ3v) is 4.18. The van der Waals surface area contributed by atoms with Gasteiger partial charge in [0.25, 0.3) is 0 Å². The topological polar surface area (TPSA) is 101 Å². The van der Waals surface area contributed by atoms with Crippen molar-refractivity contribution in [2.45, 2.75) is 37.8 Å². The Morgan fingerprint density at radius 3 is 2.24 bits per heavy atom. The maximum Gasteiger partial charge on any atom is 0.335 e. The fraction of sp³-hybridized carbons (Fsp3) is 0.300. The number of hydrogen-bond donors (Lipinski definition) is 3. The van der Waals surface area contributed by atoms with Gasteiger partial charge in [0.05, 0.1) is 5.56 Å². The highest BCUT2D eigenvalue weighted by atomic mass is 16.4. The summed E-state index contributed by atoms with van der Waals surface area (Å²) in [5.74, 6) is -1.41. The highest BCUT2D eigenvalue weighted by Crippen LogP contribution is 2.18. The molecule has 1 atom stereocenters. The van der Waals surface area contributed by atoms with Gasteiger partial charge in [-0.2, -0.15) is 0 Å². The summed E-state index contributed by atoms with van der Waals surface area (Å²) in [4.78, 5) is 23.4. The Balaban J connectivity index is 1.81. The van der Waals surface area contributed by atoms with E-state index in [0.717, 1.165) is 18.4 Å². The van der Waals surface area contributed by atoms with Gasteiger partial charge in [-0.25, -0.2) is 4.79 Å². The number of hydrogen-bond acceptors (Lipinski definition) is 4. The quantitative estimate of drug-likeness (QED) is 0.370. The van der Waals surface area contributed by atoms with Crippen molar-refractivity contribution in [2.75, 3.05) is 0 Å². The Hall–Kier alpha value is -2.50. The van der Waals surface area contributed by atoms with Gasteiger partial charge in [0.2, 0.25) is 5.78 Å². The van der Waals surface area contributed by atoms with Gasteiger partial charge in [-0.3, -0.25) is 10.5 Å². The first-order valence-electron chi connectivity index (χ1n) is 8.34. The van der Waals surface area contributed by atoms with Gasteiger partial charge >= 0.3 is 5.97 Å². The van der Waals surface area contributed by atoms with Gasteiger partial charge in [0.15, 0.2) is 5.72 Å². The Labute approximate surface area is 147 Å². The van der Waals surface area contributed by atoms with E-state index < -0.39 is 17.5 Å². The number of unbranched alkanes of at least 4 members (excludes halogenated alkanes) is 2. The number of ketones is 1. The van der Waals surface area contributed by atoms with E-state index in [1.165, 1.54) is 0 Å². The van der Waals surface area contributed by atoms with Crippen molar-refractivity contribution in [1.29, 1.82) is 0 Å². The molecule has 2 aromatic carbocycles. The number of benzene rings is 2. The normalized spacial score (nSPS) is 13.2. The second kappa shape index (κ2) is 8.55. The van der Waals surface area contributed by atoms with Crippen LogP contribution < -0.4 is 5.73 Å². The SMILES string of the molecule is NC(O)(CCCCCc1ccccc1C(=O)O)C(=O)c1ccccc1. The molecule has 0 spiro atoms. The number of aliphatic hydroxyl groups is 1. The maximum absolute atomic E-state index is 12.2. The lowest BCUT2D eigenvalue weighted by atomic mass is 9.95. The Morgan fingerprint density at radius 2 is 1.56 bits per heavy atom. The van der Waals surface area contributed by atoms with Crippen molar-refractivity contribution in [3.8, 4) is 0 Å². The molecule has 5 nitrogen and oxygen atoms in total. The van der Waals surface area contributed by atoms with E-state index in [1.54, 1.807) is 42.5 Å². The molecular weight excluding hydrogens is 318 g/mol. The van der Waals surface area contributed by atoms with Crippen LogP contribution in [0.4, 0.5) is 0 Å². The molecule has 0 aliphatic heterocycles. The van der Waals surface area contributed by atoms with Crippen LogP contribution in [0.15, 0.2) is 54.6 Å². The molecule has 0 heterocycles. The zero-order chi connectivity index (χ0) is 18.3. The van der Waals surface area contributed by atoms with E-state index in [9.17, 15) is 14.7 Å². The number of carbonyl (C=O) groups is 2. The van der Waals surface area contributed by atoms with E-state index in [2.05, 4.69) is 0 Å². The van der Waals surface area contributed by atoms with E-state index in [1.807, 2.05) is 12.1 Å². The number of aromatic carboxylic acids is 1. The predicted octanol–water partition coefficient (Wildman–Crippen LogP) is 3.02. The Kier molecular flexibility index (Phi) is 6.44. The van der Waals surface area contributed by atoms with Gasteiger partial charge in [-0.05, 0) is 37.3 Å². The molecule has 0 saturated heterocycles. The first-order chi connectivity index (χ1) is 11.9. The lowest BCUT2D eigenvalue weighted by molar-refractivity contribution is 0.0292. The van der Waals surface area contributed by atoms with Crippen LogP contribution in [-0.2, 0) is 6.42 Å². The number of Topliss-reactive ketones (excluding diaryl/α,β-unsaturated/α-hetero) is 1. The van der Waals surface area contributed by atoms with Crippen LogP contribution in [0.2, 0.25) is 0 Å².